The summed E-state index contributed by atoms with van der Waals surface area (Å²) in [4.78, 5) is 22.2. The lowest BCUT2D eigenvalue weighted by molar-refractivity contribution is 0.0942. The number of halogens is 1. The molecular weight excluding hydrogens is 448 g/mol. The summed E-state index contributed by atoms with van der Waals surface area (Å²) in [5.74, 6) is -0.0887. The van der Waals surface area contributed by atoms with Gasteiger partial charge in [-0.3, -0.25) is 4.79 Å². The van der Waals surface area contributed by atoms with Gasteiger partial charge in [-0.15, -0.1) is 11.3 Å². The van der Waals surface area contributed by atoms with Crippen molar-refractivity contribution in [3.05, 3.63) is 76.9 Å². The zero-order valence-corrected chi connectivity index (χ0v) is 18.1. The van der Waals surface area contributed by atoms with Crippen molar-refractivity contribution in [3.63, 3.8) is 0 Å². The van der Waals surface area contributed by atoms with E-state index in [0.717, 1.165) is 32.6 Å². The molecule has 1 atom stereocenters. The summed E-state index contributed by atoms with van der Waals surface area (Å²) in [7, 11) is 0. The highest BCUT2D eigenvalue weighted by molar-refractivity contribution is 9.08. The number of H-pyrrole nitrogens is 1. The number of hydrogen-bond acceptors (Lipinski definition) is 4. The number of thiophene rings is 1. The lowest BCUT2D eigenvalue weighted by Crippen LogP contribution is -2.41. The number of pyridine rings is 1. The second kappa shape index (κ2) is 8.90. The molecule has 0 fully saturated rings. The molecule has 148 valence electrons. The number of amides is 1. The first kappa shape index (κ1) is 19.8. The molecule has 1 unspecified atom stereocenters. The molecule has 1 aromatic carbocycles. The van der Waals surface area contributed by atoms with E-state index in [0.29, 0.717) is 23.2 Å². The first-order valence-electron chi connectivity index (χ1n) is 9.35. The van der Waals surface area contributed by atoms with Crippen LogP contribution in [-0.4, -0.2) is 28.5 Å². The minimum absolute atomic E-state index is 0.0887. The molecule has 0 aliphatic heterocycles. The number of carbonyl (C=O) groups excluding carboxylic acids is 1. The Kier molecular flexibility index (Phi) is 6.08. The Hall–Kier alpha value is -2.48. The van der Waals surface area contributed by atoms with Crippen molar-refractivity contribution in [2.75, 3.05) is 6.54 Å². The zero-order valence-electron chi connectivity index (χ0n) is 15.7. The molecule has 0 aliphatic carbocycles. The monoisotopic (exact) mass is 468 g/mol. The molecule has 0 bridgehead atoms. The Morgan fingerprint density at radius 3 is 2.83 bits per heavy atom. The van der Waals surface area contributed by atoms with Gasteiger partial charge in [-0.05, 0) is 35.7 Å². The number of nitrogens with two attached hydrogens (primary N) is 1. The highest BCUT2D eigenvalue weighted by atomic mass is 79.9. The van der Waals surface area contributed by atoms with Gasteiger partial charge in [0, 0.05) is 46.1 Å². The van der Waals surface area contributed by atoms with Gasteiger partial charge in [0.25, 0.3) is 5.91 Å². The number of fused-ring (bicyclic) bond motifs is 1. The van der Waals surface area contributed by atoms with Crippen molar-refractivity contribution in [2.24, 2.45) is 5.73 Å². The fourth-order valence-electron chi connectivity index (χ4n) is 3.38. The van der Waals surface area contributed by atoms with E-state index in [1.807, 2.05) is 54.7 Å². The summed E-state index contributed by atoms with van der Waals surface area (Å²) in [5.41, 5.74) is 10.1. The maximum absolute atomic E-state index is 12.9. The van der Waals surface area contributed by atoms with Crippen LogP contribution in [0, 0.1) is 0 Å². The van der Waals surface area contributed by atoms with Crippen LogP contribution in [0.3, 0.4) is 0 Å². The largest absolute Gasteiger partial charge is 0.347 e. The van der Waals surface area contributed by atoms with Gasteiger partial charge in [-0.1, -0.05) is 46.3 Å². The number of hydrogen-bond donors (Lipinski definition) is 3. The number of aromatic nitrogens is 2. The van der Waals surface area contributed by atoms with Gasteiger partial charge >= 0.3 is 0 Å². The summed E-state index contributed by atoms with van der Waals surface area (Å²) >= 11 is 5.06. The van der Waals surface area contributed by atoms with E-state index in [-0.39, 0.29) is 11.9 Å². The lowest BCUT2D eigenvalue weighted by Gasteiger charge is -2.16. The summed E-state index contributed by atoms with van der Waals surface area (Å²) in [6, 6.07) is 15.9. The molecule has 3 aromatic heterocycles. The fraction of sp³-hybridized carbons (Fsp3) is 0.182. The summed E-state index contributed by atoms with van der Waals surface area (Å²) in [6.07, 6.45) is 4.38. The van der Waals surface area contributed by atoms with E-state index < -0.39 is 0 Å². The van der Waals surface area contributed by atoms with Crippen molar-refractivity contribution < 1.29 is 4.79 Å². The topological polar surface area (TPSA) is 83.8 Å². The molecule has 0 saturated heterocycles. The molecular formula is C22H21BrN4OS. The molecule has 0 radical (unpaired) electrons. The molecule has 0 aliphatic rings. The van der Waals surface area contributed by atoms with E-state index in [2.05, 4.69) is 31.2 Å². The maximum Gasteiger partial charge on any atom is 0.261 e. The first-order chi connectivity index (χ1) is 14.2. The Morgan fingerprint density at radius 2 is 2.07 bits per heavy atom. The molecule has 4 aromatic rings. The highest BCUT2D eigenvalue weighted by Crippen LogP contribution is 2.37. The minimum atomic E-state index is -0.111. The van der Waals surface area contributed by atoms with Gasteiger partial charge in [0.15, 0.2) is 0 Å². The van der Waals surface area contributed by atoms with E-state index in [1.54, 1.807) is 6.20 Å². The van der Waals surface area contributed by atoms with E-state index >= 15 is 0 Å². The Morgan fingerprint density at radius 1 is 1.24 bits per heavy atom. The normalized spacial score (nSPS) is 12.2. The third-order valence-electron chi connectivity index (χ3n) is 4.83. The van der Waals surface area contributed by atoms with Gasteiger partial charge in [-0.2, -0.15) is 0 Å². The third-order valence-corrected chi connectivity index (χ3v) is 6.64. The van der Waals surface area contributed by atoms with E-state index in [9.17, 15) is 4.79 Å². The van der Waals surface area contributed by atoms with Crippen LogP contribution in [-0.2, 0) is 11.8 Å². The number of aromatic amines is 1. The molecule has 4 N–H and O–H groups in total. The number of rotatable bonds is 7. The summed E-state index contributed by atoms with van der Waals surface area (Å²) in [6.45, 7) is 0.387. The first-order valence-corrected chi connectivity index (χ1v) is 11.3. The van der Waals surface area contributed by atoms with Crippen molar-refractivity contribution >= 4 is 44.2 Å². The number of alkyl halides is 1. The average Bonchev–Trinajstić information content (AvgIpc) is 3.40. The molecule has 0 saturated carbocycles. The second-order valence-electron chi connectivity index (χ2n) is 6.79. The van der Waals surface area contributed by atoms with Gasteiger partial charge in [0.05, 0.1) is 4.88 Å². The van der Waals surface area contributed by atoms with Gasteiger partial charge < -0.3 is 16.0 Å². The van der Waals surface area contributed by atoms with Crippen LogP contribution in [0.1, 0.15) is 20.8 Å². The molecule has 4 rings (SSSR count). The van der Waals surface area contributed by atoms with Crippen molar-refractivity contribution in [1.82, 2.24) is 15.3 Å². The Labute approximate surface area is 181 Å². The number of nitrogens with one attached hydrogen (secondary N) is 2. The van der Waals surface area contributed by atoms with Crippen LogP contribution < -0.4 is 11.1 Å². The Balaban J connectivity index is 1.59. The maximum atomic E-state index is 12.9. The molecule has 5 nitrogen and oxygen atoms in total. The molecule has 1 amide bonds. The van der Waals surface area contributed by atoms with Crippen molar-refractivity contribution in [3.8, 4) is 10.4 Å². The van der Waals surface area contributed by atoms with Crippen molar-refractivity contribution in [1.29, 1.82) is 0 Å². The van der Waals surface area contributed by atoms with Crippen LogP contribution in [0.4, 0.5) is 0 Å². The SMILES string of the molecule is NCC(Cc1ccccc1)NC(=O)c1cc(CBr)c(-c2ccnc3[nH]ccc23)s1. The predicted molar refractivity (Wildman–Crippen MR) is 122 cm³/mol. The minimum Gasteiger partial charge on any atom is -0.347 e. The van der Waals surface area contributed by atoms with E-state index in [1.165, 1.54) is 11.3 Å². The standard InChI is InChI=1S/C22H21BrN4OS/c23-12-15-11-19(22(28)27-16(13-24)10-14-4-2-1-3-5-14)29-20(15)17-6-8-25-21-18(17)7-9-26-21/h1-9,11,16H,10,12-13,24H2,(H,25,26)(H,27,28). The predicted octanol–water partition coefficient (Wildman–Crippen LogP) is 4.49. The number of carbonyl (C=O) groups is 1. The molecule has 3 heterocycles. The van der Waals surface area contributed by atoms with E-state index in [4.69, 9.17) is 5.73 Å². The fourth-order valence-corrected chi connectivity index (χ4v) is 5.13. The number of nitrogens with zero attached hydrogens (tertiary/aromatic N) is 1. The second-order valence-corrected chi connectivity index (χ2v) is 8.41. The van der Waals surface area contributed by atoms with Gasteiger partial charge in [-0.25, -0.2) is 4.98 Å². The van der Waals surface area contributed by atoms with Crippen molar-refractivity contribution in [2.45, 2.75) is 17.8 Å². The van der Waals surface area contributed by atoms with Crippen LogP contribution in [0.2, 0.25) is 0 Å². The van der Waals surface area contributed by atoms with Crippen LogP contribution >= 0.6 is 27.3 Å². The molecule has 7 heteroatoms. The average molecular weight is 469 g/mol. The van der Waals surface area contributed by atoms with Gasteiger partial charge in [0.1, 0.15) is 5.65 Å². The lowest BCUT2D eigenvalue weighted by atomic mass is 10.1. The summed E-state index contributed by atoms with van der Waals surface area (Å²) < 4.78 is 0. The smallest absolute Gasteiger partial charge is 0.261 e. The summed E-state index contributed by atoms with van der Waals surface area (Å²) in [5, 5.41) is 4.81. The third kappa shape index (κ3) is 4.27. The quantitative estimate of drug-likeness (QED) is 0.349. The number of benzene rings is 1. The van der Waals surface area contributed by atoms with Crippen LogP contribution in [0.25, 0.3) is 21.5 Å². The van der Waals surface area contributed by atoms with Crippen LogP contribution in [0.5, 0.6) is 0 Å². The van der Waals surface area contributed by atoms with Crippen LogP contribution in [0.15, 0.2) is 60.9 Å². The van der Waals surface area contributed by atoms with Gasteiger partial charge in [0.2, 0.25) is 0 Å². The molecule has 29 heavy (non-hydrogen) atoms. The zero-order chi connectivity index (χ0) is 20.2. The Bertz CT molecular complexity index is 1120. The highest BCUT2D eigenvalue weighted by Gasteiger charge is 2.19. The molecule has 0 spiro atoms.